The summed E-state index contributed by atoms with van der Waals surface area (Å²) in [6.45, 7) is 3.98. The Morgan fingerprint density at radius 3 is 2.74 bits per heavy atom. The second-order valence-corrected chi connectivity index (χ2v) is 5.42. The fourth-order valence-electron chi connectivity index (χ4n) is 2.12. The zero-order valence-corrected chi connectivity index (χ0v) is 11.7. The van der Waals surface area contributed by atoms with Crippen molar-refractivity contribution in [3.05, 3.63) is 29.8 Å². The molecule has 19 heavy (non-hydrogen) atoms. The minimum absolute atomic E-state index is 0.879. The van der Waals surface area contributed by atoms with Crippen LogP contribution in [-0.4, -0.2) is 26.3 Å². The van der Waals surface area contributed by atoms with Gasteiger partial charge in [-0.1, -0.05) is 18.2 Å². The van der Waals surface area contributed by atoms with Crippen molar-refractivity contribution in [2.45, 2.75) is 32.1 Å². The van der Waals surface area contributed by atoms with E-state index in [1.165, 1.54) is 18.4 Å². The van der Waals surface area contributed by atoms with Crippen LogP contribution in [0.2, 0.25) is 0 Å². The Balaban J connectivity index is 1.40. The Bertz CT molecular complexity index is 364. The SMILES string of the molecule is Nc1ccccc1CCCNCCCOCC1CC1. The van der Waals surface area contributed by atoms with Gasteiger partial charge >= 0.3 is 0 Å². The summed E-state index contributed by atoms with van der Waals surface area (Å²) < 4.78 is 5.59. The predicted octanol–water partition coefficient (Wildman–Crippen LogP) is 2.61. The van der Waals surface area contributed by atoms with Crippen molar-refractivity contribution in [2.75, 3.05) is 32.0 Å². The highest BCUT2D eigenvalue weighted by Crippen LogP contribution is 2.28. The molecule has 3 N–H and O–H groups in total. The zero-order chi connectivity index (χ0) is 13.3. The van der Waals surface area contributed by atoms with Gasteiger partial charge in [0.15, 0.2) is 0 Å². The highest BCUT2D eigenvalue weighted by atomic mass is 16.5. The Labute approximate surface area is 116 Å². The molecule has 2 rings (SSSR count). The Morgan fingerprint density at radius 2 is 1.95 bits per heavy atom. The van der Waals surface area contributed by atoms with Crippen molar-refractivity contribution in [3.8, 4) is 0 Å². The zero-order valence-electron chi connectivity index (χ0n) is 11.7. The van der Waals surface area contributed by atoms with Gasteiger partial charge in [0, 0.05) is 18.9 Å². The highest BCUT2D eigenvalue weighted by molar-refractivity contribution is 5.46. The van der Waals surface area contributed by atoms with E-state index in [0.29, 0.717) is 0 Å². The molecule has 1 saturated carbocycles. The number of nitrogen functional groups attached to an aromatic ring is 1. The van der Waals surface area contributed by atoms with Crippen LogP contribution in [0.25, 0.3) is 0 Å². The molecule has 0 spiro atoms. The molecule has 0 saturated heterocycles. The van der Waals surface area contributed by atoms with Gasteiger partial charge in [0.25, 0.3) is 0 Å². The summed E-state index contributed by atoms with van der Waals surface area (Å²) in [7, 11) is 0. The van der Waals surface area contributed by atoms with E-state index in [-0.39, 0.29) is 0 Å². The average Bonchev–Trinajstić information content (AvgIpc) is 3.23. The molecule has 3 heteroatoms. The van der Waals surface area contributed by atoms with Crippen LogP contribution in [0, 0.1) is 5.92 Å². The van der Waals surface area contributed by atoms with E-state index in [4.69, 9.17) is 10.5 Å². The summed E-state index contributed by atoms with van der Waals surface area (Å²) in [6, 6.07) is 8.12. The quantitative estimate of drug-likeness (QED) is 0.503. The molecule has 1 fully saturated rings. The molecular formula is C16H26N2O. The van der Waals surface area contributed by atoms with Gasteiger partial charge in [0.2, 0.25) is 0 Å². The summed E-state index contributed by atoms with van der Waals surface area (Å²) in [6.07, 6.45) is 6.05. The Hall–Kier alpha value is -1.06. The molecule has 106 valence electrons. The molecule has 1 aromatic carbocycles. The summed E-state index contributed by atoms with van der Waals surface area (Å²) in [5, 5.41) is 3.46. The molecule has 0 amide bonds. The number of hydrogen-bond donors (Lipinski definition) is 2. The minimum Gasteiger partial charge on any atom is -0.399 e. The van der Waals surface area contributed by atoms with Crippen LogP contribution in [0.5, 0.6) is 0 Å². The fraction of sp³-hybridized carbons (Fsp3) is 0.625. The molecule has 0 heterocycles. The third kappa shape index (κ3) is 6.08. The molecule has 0 atom stereocenters. The van der Waals surface area contributed by atoms with Gasteiger partial charge in [0.05, 0.1) is 0 Å². The second-order valence-electron chi connectivity index (χ2n) is 5.42. The topological polar surface area (TPSA) is 47.3 Å². The molecule has 3 nitrogen and oxygen atoms in total. The molecule has 1 aromatic rings. The third-order valence-corrected chi connectivity index (χ3v) is 3.55. The van der Waals surface area contributed by atoms with E-state index < -0.39 is 0 Å². The first kappa shape index (κ1) is 14.4. The lowest BCUT2D eigenvalue weighted by molar-refractivity contribution is 0.122. The molecule has 1 aliphatic carbocycles. The van der Waals surface area contributed by atoms with Crippen molar-refractivity contribution in [1.82, 2.24) is 5.32 Å². The highest BCUT2D eigenvalue weighted by Gasteiger charge is 2.20. The summed E-state index contributed by atoms with van der Waals surface area (Å²) in [5.41, 5.74) is 8.08. The van der Waals surface area contributed by atoms with Gasteiger partial charge in [-0.05, 0) is 62.7 Å². The van der Waals surface area contributed by atoms with Crippen LogP contribution < -0.4 is 11.1 Å². The number of hydrogen-bond acceptors (Lipinski definition) is 3. The van der Waals surface area contributed by atoms with E-state index in [0.717, 1.165) is 57.2 Å². The molecule has 0 aromatic heterocycles. The first-order chi connectivity index (χ1) is 9.36. The Kier molecular flexibility index (Phi) is 6.18. The smallest absolute Gasteiger partial charge is 0.0494 e. The van der Waals surface area contributed by atoms with Crippen LogP contribution in [-0.2, 0) is 11.2 Å². The number of anilines is 1. The van der Waals surface area contributed by atoms with Crippen molar-refractivity contribution >= 4 is 5.69 Å². The summed E-state index contributed by atoms with van der Waals surface area (Å²) >= 11 is 0. The Morgan fingerprint density at radius 1 is 1.16 bits per heavy atom. The maximum Gasteiger partial charge on any atom is 0.0494 e. The summed E-state index contributed by atoms with van der Waals surface area (Å²) in [4.78, 5) is 0. The average molecular weight is 262 g/mol. The van der Waals surface area contributed by atoms with E-state index in [1.54, 1.807) is 0 Å². The van der Waals surface area contributed by atoms with Crippen LogP contribution in [0.4, 0.5) is 5.69 Å². The van der Waals surface area contributed by atoms with Crippen LogP contribution >= 0.6 is 0 Å². The monoisotopic (exact) mass is 262 g/mol. The molecular weight excluding hydrogens is 236 g/mol. The van der Waals surface area contributed by atoms with Crippen LogP contribution in [0.3, 0.4) is 0 Å². The lowest BCUT2D eigenvalue weighted by Crippen LogP contribution is -2.19. The number of aryl methyl sites for hydroxylation is 1. The number of para-hydroxylation sites is 1. The van der Waals surface area contributed by atoms with E-state index in [1.807, 2.05) is 12.1 Å². The third-order valence-electron chi connectivity index (χ3n) is 3.55. The van der Waals surface area contributed by atoms with Gasteiger partial charge in [-0.25, -0.2) is 0 Å². The molecule has 0 unspecified atom stereocenters. The first-order valence-corrected chi connectivity index (χ1v) is 7.48. The van der Waals surface area contributed by atoms with Crippen LogP contribution in [0.1, 0.15) is 31.2 Å². The standard InChI is InChI=1S/C16H26N2O/c17-16-7-2-1-5-15(16)6-3-10-18-11-4-12-19-13-14-8-9-14/h1-2,5,7,14,18H,3-4,6,8-13,17H2. The van der Waals surface area contributed by atoms with Gasteiger partial charge in [0.1, 0.15) is 0 Å². The van der Waals surface area contributed by atoms with E-state index in [9.17, 15) is 0 Å². The van der Waals surface area contributed by atoms with Gasteiger partial charge < -0.3 is 15.8 Å². The first-order valence-electron chi connectivity index (χ1n) is 7.48. The maximum atomic E-state index is 5.91. The van der Waals surface area contributed by atoms with Crippen molar-refractivity contribution in [1.29, 1.82) is 0 Å². The number of nitrogens with two attached hydrogens (primary N) is 1. The number of benzene rings is 1. The van der Waals surface area contributed by atoms with Gasteiger partial charge in [-0.15, -0.1) is 0 Å². The molecule has 0 bridgehead atoms. The number of rotatable bonds is 10. The number of nitrogens with one attached hydrogen (secondary N) is 1. The second kappa shape index (κ2) is 8.18. The fourth-order valence-corrected chi connectivity index (χ4v) is 2.12. The van der Waals surface area contributed by atoms with Gasteiger partial charge in [-0.3, -0.25) is 0 Å². The largest absolute Gasteiger partial charge is 0.399 e. The molecule has 1 aliphatic rings. The van der Waals surface area contributed by atoms with Crippen LogP contribution in [0.15, 0.2) is 24.3 Å². The van der Waals surface area contributed by atoms with Crippen molar-refractivity contribution < 1.29 is 4.74 Å². The van der Waals surface area contributed by atoms with Gasteiger partial charge in [-0.2, -0.15) is 0 Å². The number of ether oxygens (including phenoxy) is 1. The van der Waals surface area contributed by atoms with Crippen molar-refractivity contribution in [3.63, 3.8) is 0 Å². The molecule has 0 radical (unpaired) electrons. The predicted molar refractivity (Wildman–Crippen MR) is 80.2 cm³/mol. The molecule has 0 aliphatic heterocycles. The maximum absolute atomic E-state index is 5.91. The lowest BCUT2D eigenvalue weighted by Gasteiger charge is -2.07. The van der Waals surface area contributed by atoms with Crippen molar-refractivity contribution in [2.24, 2.45) is 5.92 Å². The minimum atomic E-state index is 0.879. The van der Waals surface area contributed by atoms with E-state index >= 15 is 0 Å². The normalized spacial score (nSPS) is 14.7. The van der Waals surface area contributed by atoms with E-state index in [2.05, 4.69) is 17.4 Å². The summed E-state index contributed by atoms with van der Waals surface area (Å²) in [5.74, 6) is 0.879. The lowest BCUT2D eigenvalue weighted by atomic mass is 10.1.